The molecule has 0 aliphatic rings. The first-order valence-electron chi connectivity index (χ1n) is 9.10. The number of hydrogen-bond donors (Lipinski definition) is 3. The van der Waals surface area contributed by atoms with Crippen LogP contribution in [0.3, 0.4) is 0 Å². The van der Waals surface area contributed by atoms with Crippen molar-refractivity contribution in [2.75, 3.05) is 20.8 Å². The van der Waals surface area contributed by atoms with Crippen LogP contribution in [0.2, 0.25) is 0 Å². The molecule has 0 saturated heterocycles. The van der Waals surface area contributed by atoms with Gasteiger partial charge in [-0.25, -0.2) is 4.79 Å². The fourth-order valence-electron chi connectivity index (χ4n) is 2.69. The second-order valence-electron chi connectivity index (χ2n) is 6.17. The third-order valence-corrected chi connectivity index (χ3v) is 4.22. The molecule has 10 heteroatoms. The van der Waals surface area contributed by atoms with Crippen molar-refractivity contribution in [2.24, 2.45) is 0 Å². The minimum Gasteiger partial charge on any atom is -0.493 e. The number of aromatic nitrogens is 2. The Hall–Kier alpha value is -4.34. The summed E-state index contributed by atoms with van der Waals surface area (Å²) in [4.78, 5) is 36.5. The second kappa shape index (κ2) is 9.92. The molecule has 3 aromatic rings. The summed E-state index contributed by atoms with van der Waals surface area (Å²) in [6, 6.07) is 13.6. The number of nitrogens with zero attached hydrogens (tertiary/aromatic N) is 1. The number of rotatable bonds is 7. The third kappa shape index (κ3) is 5.18. The Balaban J connectivity index is 1.53. The van der Waals surface area contributed by atoms with E-state index in [4.69, 9.17) is 14.2 Å². The molecule has 3 N–H and O–H groups in total. The van der Waals surface area contributed by atoms with Crippen molar-refractivity contribution in [3.05, 3.63) is 65.9 Å². The number of carbonyl (C=O) groups excluding carboxylic acids is 3. The van der Waals surface area contributed by atoms with Crippen LogP contribution in [-0.4, -0.2) is 48.8 Å². The Morgan fingerprint density at radius 2 is 1.71 bits per heavy atom. The third-order valence-electron chi connectivity index (χ3n) is 4.22. The van der Waals surface area contributed by atoms with Gasteiger partial charge in [-0.15, -0.1) is 0 Å². The minimum absolute atomic E-state index is 0.188. The van der Waals surface area contributed by atoms with Gasteiger partial charge in [0.2, 0.25) is 0 Å². The summed E-state index contributed by atoms with van der Waals surface area (Å²) in [6.45, 7) is -0.593. The first-order valence-corrected chi connectivity index (χ1v) is 9.10. The van der Waals surface area contributed by atoms with Crippen molar-refractivity contribution >= 4 is 17.8 Å². The molecule has 2 aromatic carbocycles. The maximum Gasteiger partial charge on any atom is 0.342 e. The van der Waals surface area contributed by atoms with E-state index < -0.39 is 24.4 Å². The standard InChI is InChI=1S/C21H20N4O6/c1-29-16-9-8-14(10-17(16)30-2)20(27)25-23-18(26)12-31-21(28)15-11-22-24-19(15)13-6-4-3-5-7-13/h3-11H,12H2,1-2H3,(H,22,24)(H,23,26)(H,25,27). The SMILES string of the molecule is COc1ccc(C(=O)NNC(=O)COC(=O)c2cn[nH]c2-c2ccccc2)cc1OC. The Morgan fingerprint density at radius 3 is 2.42 bits per heavy atom. The van der Waals surface area contributed by atoms with Gasteiger partial charge >= 0.3 is 5.97 Å². The summed E-state index contributed by atoms with van der Waals surface area (Å²) < 4.78 is 15.3. The van der Waals surface area contributed by atoms with Crippen molar-refractivity contribution in [2.45, 2.75) is 0 Å². The van der Waals surface area contributed by atoms with E-state index in [9.17, 15) is 14.4 Å². The Bertz CT molecular complexity index is 1080. The van der Waals surface area contributed by atoms with E-state index in [1.54, 1.807) is 18.2 Å². The van der Waals surface area contributed by atoms with E-state index in [-0.39, 0.29) is 11.1 Å². The molecule has 2 amide bonds. The molecule has 3 rings (SSSR count). The highest BCUT2D eigenvalue weighted by Crippen LogP contribution is 2.27. The topological polar surface area (TPSA) is 132 Å². The number of esters is 1. The molecule has 160 valence electrons. The molecule has 0 bridgehead atoms. The highest BCUT2D eigenvalue weighted by Gasteiger charge is 2.18. The maximum atomic E-state index is 12.3. The number of benzene rings is 2. The lowest BCUT2D eigenvalue weighted by molar-refractivity contribution is -0.125. The smallest absolute Gasteiger partial charge is 0.342 e. The zero-order valence-electron chi connectivity index (χ0n) is 16.8. The Morgan fingerprint density at radius 1 is 0.968 bits per heavy atom. The van der Waals surface area contributed by atoms with Crippen LogP contribution >= 0.6 is 0 Å². The van der Waals surface area contributed by atoms with Crippen LogP contribution in [-0.2, 0) is 9.53 Å². The number of H-pyrrole nitrogens is 1. The number of aromatic amines is 1. The second-order valence-corrected chi connectivity index (χ2v) is 6.17. The molecule has 0 saturated carbocycles. The summed E-state index contributed by atoms with van der Waals surface area (Å²) in [6.07, 6.45) is 1.32. The number of carbonyl (C=O) groups is 3. The molecule has 0 unspecified atom stereocenters. The van der Waals surface area contributed by atoms with E-state index in [0.29, 0.717) is 17.2 Å². The Labute approximate surface area is 177 Å². The van der Waals surface area contributed by atoms with Gasteiger partial charge in [-0.3, -0.25) is 25.5 Å². The van der Waals surface area contributed by atoms with Gasteiger partial charge in [-0.05, 0) is 18.2 Å². The molecule has 0 atom stereocenters. The van der Waals surface area contributed by atoms with Gasteiger partial charge in [0.25, 0.3) is 11.8 Å². The quantitative estimate of drug-likeness (QED) is 0.389. The number of nitrogens with one attached hydrogen (secondary N) is 3. The minimum atomic E-state index is -0.728. The van der Waals surface area contributed by atoms with E-state index in [2.05, 4.69) is 21.0 Å². The molecular formula is C21H20N4O6. The van der Waals surface area contributed by atoms with Crippen molar-refractivity contribution in [1.82, 2.24) is 21.0 Å². The van der Waals surface area contributed by atoms with Gasteiger partial charge in [0.15, 0.2) is 18.1 Å². The van der Waals surface area contributed by atoms with Crippen LogP contribution in [0.5, 0.6) is 11.5 Å². The fraction of sp³-hybridized carbons (Fsp3) is 0.143. The average Bonchev–Trinajstić information content (AvgIpc) is 3.31. The zero-order valence-corrected chi connectivity index (χ0v) is 16.8. The van der Waals surface area contributed by atoms with Crippen molar-refractivity contribution in [1.29, 1.82) is 0 Å². The number of ether oxygens (including phenoxy) is 3. The largest absolute Gasteiger partial charge is 0.493 e. The lowest BCUT2D eigenvalue weighted by Crippen LogP contribution is -2.43. The molecular weight excluding hydrogens is 404 g/mol. The molecule has 0 spiro atoms. The van der Waals surface area contributed by atoms with Gasteiger partial charge in [0, 0.05) is 11.1 Å². The number of hydrazine groups is 1. The van der Waals surface area contributed by atoms with Gasteiger partial charge in [-0.2, -0.15) is 5.10 Å². The van der Waals surface area contributed by atoms with E-state index in [1.165, 1.54) is 32.5 Å². The van der Waals surface area contributed by atoms with Crippen molar-refractivity contribution in [3.8, 4) is 22.8 Å². The predicted molar refractivity (Wildman–Crippen MR) is 109 cm³/mol. The van der Waals surface area contributed by atoms with Crippen molar-refractivity contribution in [3.63, 3.8) is 0 Å². The Kier molecular flexibility index (Phi) is 6.84. The molecule has 31 heavy (non-hydrogen) atoms. The van der Waals surface area contributed by atoms with Crippen LogP contribution in [0, 0.1) is 0 Å². The lowest BCUT2D eigenvalue weighted by Gasteiger charge is -2.11. The number of hydrogen-bond acceptors (Lipinski definition) is 7. The van der Waals surface area contributed by atoms with Crippen LogP contribution < -0.4 is 20.3 Å². The summed E-state index contributed by atoms with van der Waals surface area (Å²) in [5.74, 6) is -1.20. The van der Waals surface area contributed by atoms with Gasteiger partial charge in [0.1, 0.15) is 5.56 Å². The first kappa shape index (κ1) is 21.4. The lowest BCUT2D eigenvalue weighted by atomic mass is 10.1. The number of amides is 2. The van der Waals surface area contributed by atoms with Crippen molar-refractivity contribution < 1.29 is 28.6 Å². The molecule has 0 aliphatic carbocycles. The molecule has 0 radical (unpaired) electrons. The summed E-state index contributed by atoms with van der Waals surface area (Å²) in [5, 5.41) is 6.60. The molecule has 1 heterocycles. The summed E-state index contributed by atoms with van der Waals surface area (Å²) in [7, 11) is 2.92. The maximum absolute atomic E-state index is 12.3. The molecule has 10 nitrogen and oxygen atoms in total. The predicted octanol–water partition coefficient (Wildman–Crippen LogP) is 1.71. The first-order chi connectivity index (χ1) is 15.0. The van der Waals surface area contributed by atoms with Crippen LogP contribution in [0.15, 0.2) is 54.7 Å². The monoisotopic (exact) mass is 424 g/mol. The molecule has 1 aromatic heterocycles. The highest BCUT2D eigenvalue weighted by atomic mass is 16.5. The average molecular weight is 424 g/mol. The molecule has 0 fully saturated rings. The highest BCUT2D eigenvalue weighted by molar-refractivity contribution is 5.98. The summed E-state index contributed by atoms with van der Waals surface area (Å²) >= 11 is 0. The van der Waals surface area contributed by atoms with E-state index in [0.717, 1.165) is 5.56 Å². The van der Waals surface area contributed by atoms with E-state index >= 15 is 0 Å². The normalized spacial score (nSPS) is 10.1. The van der Waals surface area contributed by atoms with Gasteiger partial charge in [0.05, 0.1) is 26.1 Å². The fourth-order valence-corrected chi connectivity index (χ4v) is 2.69. The van der Waals surface area contributed by atoms with Crippen LogP contribution in [0.4, 0.5) is 0 Å². The van der Waals surface area contributed by atoms with E-state index in [1.807, 2.05) is 18.2 Å². The summed E-state index contributed by atoms with van der Waals surface area (Å²) in [5.41, 5.74) is 6.07. The number of methoxy groups -OCH3 is 2. The van der Waals surface area contributed by atoms with Gasteiger partial charge in [-0.1, -0.05) is 30.3 Å². The van der Waals surface area contributed by atoms with Crippen LogP contribution in [0.25, 0.3) is 11.3 Å². The van der Waals surface area contributed by atoms with Gasteiger partial charge < -0.3 is 14.2 Å². The van der Waals surface area contributed by atoms with Crippen LogP contribution in [0.1, 0.15) is 20.7 Å². The zero-order chi connectivity index (χ0) is 22.2. The molecule has 0 aliphatic heterocycles.